The Morgan fingerprint density at radius 2 is 2.18 bits per heavy atom. The summed E-state index contributed by atoms with van der Waals surface area (Å²) in [5.74, 6) is 5.73. The summed E-state index contributed by atoms with van der Waals surface area (Å²) in [6, 6.07) is 2.61. The number of piperazine rings is 3. The van der Waals surface area contributed by atoms with Crippen LogP contribution >= 0.6 is 0 Å². The number of aryl methyl sites for hydroxylation is 1. The van der Waals surface area contributed by atoms with Gasteiger partial charge in [-0.1, -0.05) is 0 Å². The van der Waals surface area contributed by atoms with Crippen LogP contribution in [-0.2, 0) is 7.05 Å². The Balaban J connectivity index is 1.81. The van der Waals surface area contributed by atoms with E-state index in [2.05, 4.69) is 20.3 Å². The minimum absolute atomic E-state index is 0.124. The van der Waals surface area contributed by atoms with E-state index in [1.165, 1.54) is 13.1 Å². The van der Waals surface area contributed by atoms with Crippen LogP contribution < -0.4 is 11.3 Å². The molecule has 6 nitrogen and oxygen atoms in total. The van der Waals surface area contributed by atoms with Gasteiger partial charge in [0.25, 0.3) is 0 Å². The van der Waals surface area contributed by atoms with Gasteiger partial charge < -0.3 is 0 Å². The number of nitrogens with two attached hydrogens (primary N) is 1. The Bertz CT molecular complexity index is 381. The monoisotopic (exact) mass is 236 g/mol. The maximum Gasteiger partial charge on any atom is 0.0823 e. The zero-order chi connectivity index (χ0) is 11.8. The van der Waals surface area contributed by atoms with Crippen molar-refractivity contribution in [3.8, 4) is 0 Å². The molecule has 0 saturated carbocycles. The minimum atomic E-state index is 0.124. The van der Waals surface area contributed by atoms with Crippen molar-refractivity contribution >= 4 is 0 Å². The summed E-state index contributed by atoms with van der Waals surface area (Å²) in [6.45, 7) is 5.77. The van der Waals surface area contributed by atoms with Crippen LogP contribution in [0, 0.1) is 0 Å². The van der Waals surface area contributed by atoms with E-state index in [0.29, 0.717) is 6.04 Å². The second-order valence-corrected chi connectivity index (χ2v) is 4.96. The highest BCUT2D eigenvalue weighted by Crippen LogP contribution is 2.25. The predicted octanol–water partition coefficient (Wildman–Crippen LogP) is -1.08. The third-order valence-corrected chi connectivity index (χ3v) is 3.94. The first-order chi connectivity index (χ1) is 8.28. The topological polar surface area (TPSA) is 62.4 Å². The van der Waals surface area contributed by atoms with E-state index in [-0.39, 0.29) is 6.04 Å². The lowest BCUT2D eigenvalue weighted by molar-refractivity contribution is -0.00439. The first-order valence-electron chi connectivity index (χ1n) is 6.20. The summed E-state index contributed by atoms with van der Waals surface area (Å²) in [5, 5.41) is 4.47. The number of nitrogens with one attached hydrogen (secondary N) is 1. The fourth-order valence-corrected chi connectivity index (χ4v) is 2.97. The van der Waals surface area contributed by atoms with E-state index in [4.69, 9.17) is 5.84 Å². The fourth-order valence-electron chi connectivity index (χ4n) is 2.97. The van der Waals surface area contributed by atoms with E-state index in [9.17, 15) is 0 Å². The van der Waals surface area contributed by atoms with Gasteiger partial charge in [0.15, 0.2) is 0 Å². The summed E-state index contributed by atoms with van der Waals surface area (Å²) < 4.78 is 1.83. The zero-order valence-electron chi connectivity index (χ0n) is 10.2. The molecule has 0 spiro atoms. The van der Waals surface area contributed by atoms with Gasteiger partial charge >= 0.3 is 0 Å². The van der Waals surface area contributed by atoms with Crippen molar-refractivity contribution in [2.45, 2.75) is 12.1 Å². The van der Waals surface area contributed by atoms with Gasteiger partial charge in [-0.3, -0.25) is 20.3 Å². The van der Waals surface area contributed by atoms with Crippen molar-refractivity contribution in [3.63, 3.8) is 0 Å². The van der Waals surface area contributed by atoms with Gasteiger partial charge in [0.1, 0.15) is 0 Å². The van der Waals surface area contributed by atoms with E-state index >= 15 is 0 Å². The summed E-state index contributed by atoms with van der Waals surface area (Å²) in [6.07, 6.45) is 1.97. The van der Waals surface area contributed by atoms with Crippen molar-refractivity contribution in [3.05, 3.63) is 18.0 Å². The molecule has 1 aromatic heterocycles. The molecule has 94 valence electrons. The number of fused-ring (bicyclic) bond motifs is 3. The van der Waals surface area contributed by atoms with Gasteiger partial charge in [0.2, 0.25) is 0 Å². The number of hydrazine groups is 1. The highest BCUT2D eigenvalue weighted by atomic mass is 15.4. The third kappa shape index (κ3) is 1.97. The lowest BCUT2D eigenvalue weighted by Crippen LogP contribution is -2.64. The number of hydrogen-bond donors (Lipinski definition) is 2. The van der Waals surface area contributed by atoms with Crippen molar-refractivity contribution in [1.29, 1.82) is 0 Å². The number of aromatic nitrogens is 2. The zero-order valence-corrected chi connectivity index (χ0v) is 10.2. The molecule has 0 radical (unpaired) electrons. The number of rotatable bonds is 3. The summed E-state index contributed by atoms with van der Waals surface area (Å²) in [5.41, 5.74) is 3.98. The molecule has 3 aliphatic heterocycles. The molecule has 4 rings (SSSR count). The molecule has 3 N–H and O–H groups in total. The number of hydrogen-bond acceptors (Lipinski definition) is 5. The molecule has 2 unspecified atom stereocenters. The highest BCUT2D eigenvalue weighted by molar-refractivity contribution is 5.11. The third-order valence-electron chi connectivity index (χ3n) is 3.94. The molecular weight excluding hydrogens is 216 g/mol. The maximum atomic E-state index is 5.73. The predicted molar refractivity (Wildman–Crippen MR) is 65.1 cm³/mol. The quantitative estimate of drug-likeness (QED) is 0.516. The first-order valence-corrected chi connectivity index (χ1v) is 6.20. The Hall–Kier alpha value is -0.950. The van der Waals surface area contributed by atoms with Gasteiger partial charge in [0, 0.05) is 52.0 Å². The summed E-state index contributed by atoms with van der Waals surface area (Å²) >= 11 is 0. The average molecular weight is 236 g/mol. The molecule has 0 amide bonds. The average Bonchev–Trinajstić information content (AvgIpc) is 2.78. The first kappa shape index (κ1) is 11.2. The minimum Gasteiger partial charge on any atom is -0.299 e. The van der Waals surface area contributed by atoms with Crippen LogP contribution in [0.3, 0.4) is 0 Å². The van der Waals surface area contributed by atoms with Crippen molar-refractivity contribution in [1.82, 2.24) is 25.0 Å². The van der Waals surface area contributed by atoms with Gasteiger partial charge in [-0.15, -0.1) is 0 Å². The van der Waals surface area contributed by atoms with Gasteiger partial charge in [0.05, 0.1) is 11.7 Å². The van der Waals surface area contributed by atoms with Crippen LogP contribution in [-0.4, -0.2) is 58.3 Å². The molecule has 2 atom stereocenters. The molecule has 4 heterocycles. The Morgan fingerprint density at radius 1 is 1.41 bits per heavy atom. The molecule has 17 heavy (non-hydrogen) atoms. The molecule has 6 heteroatoms. The Kier molecular flexibility index (Phi) is 2.87. The molecule has 2 bridgehead atoms. The normalized spacial score (nSPS) is 33.9. The Labute approximate surface area is 101 Å². The van der Waals surface area contributed by atoms with Gasteiger partial charge in [-0.05, 0) is 6.07 Å². The van der Waals surface area contributed by atoms with E-state index in [1.807, 2.05) is 24.0 Å². The van der Waals surface area contributed by atoms with Crippen molar-refractivity contribution < 1.29 is 0 Å². The summed E-state index contributed by atoms with van der Waals surface area (Å²) in [4.78, 5) is 5.04. The number of nitrogens with zero attached hydrogens (tertiary/aromatic N) is 4. The maximum absolute atomic E-state index is 5.73. The standard InChI is InChI=1S/C11H20N6/c1-15-3-2-9(14-15)11(13-12)10-8-16-4-6-17(10)7-5-16/h2-3,10-11,13H,4-8,12H2,1H3. The van der Waals surface area contributed by atoms with Crippen LogP contribution in [0.1, 0.15) is 11.7 Å². The van der Waals surface area contributed by atoms with Gasteiger partial charge in [-0.2, -0.15) is 5.10 Å². The lowest BCUT2D eigenvalue weighted by Gasteiger charge is -2.49. The van der Waals surface area contributed by atoms with Crippen LogP contribution in [0.15, 0.2) is 12.3 Å². The molecule has 1 aromatic rings. The molecule has 3 saturated heterocycles. The van der Waals surface area contributed by atoms with E-state index < -0.39 is 0 Å². The SMILES string of the molecule is Cn1ccc(C(NN)C2CN3CCN2CC3)n1. The molecule has 0 aliphatic carbocycles. The fraction of sp³-hybridized carbons (Fsp3) is 0.727. The highest BCUT2D eigenvalue weighted by Gasteiger charge is 2.37. The van der Waals surface area contributed by atoms with E-state index in [1.54, 1.807) is 0 Å². The molecule has 3 aliphatic rings. The largest absolute Gasteiger partial charge is 0.299 e. The Morgan fingerprint density at radius 3 is 2.65 bits per heavy atom. The summed E-state index contributed by atoms with van der Waals surface area (Å²) in [7, 11) is 1.94. The van der Waals surface area contributed by atoms with Crippen LogP contribution in [0.5, 0.6) is 0 Å². The van der Waals surface area contributed by atoms with Crippen LogP contribution in [0.25, 0.3) is 0 Å². The lowest BCUT2D eigenvalue weighted by atomic mass is 9.98. The molecule has 3 fully saturated rings. The molecular formula is C11H20N6. The van der Waals surface area contributed by atoms with Crippen molar-refractivity contribution in [2.75, 3.05) is 32.7 Å². The van der Waals surface area contributed by atoms with Crippen molar-refractivity contribution in [2.24, 2.45) is 12.9 Å². The second-order valence-electron chi connectivity index (χ2n) is 4.96. The van der Waals surface area contributed by atoms with Crippen LogP contribution in [0.2, 0.25) is 0 Å². The van der Waals surface area contributed by atoms with Crippen LogP contribution in [0.4, 0.5) is 0 Å². The molecule has 0 aromatic carbocycles. The van der Waals surface area contributed by atoms with Gasteiger partial charge in [-0.25, -0.2) is 5.43 Å². The second kappa shape index (κ2) is 4.38. The van der Waals surface area contributed by atoms with E-state index in [0.717, 1.165) is 25.3 Å². The smallest absolute Gasteiger partial charge is 0.0823 e.